The first-order valence-electron chi connectivity index (χ1n) is 9.17. The molecule has 0 aliphatic rings. The Balaban J connectivity index is 1.50. The zero-order valence-electron chi connectivity index (χ0n) is 15.3. The molecule has 3 aromatic rings. The predicted octanol–water partition coefficient (Wildman–Crippen LogP) is 4.57. The van der Waals surface area contributed by atoms with Crippen molar-refractivity contribution in [3.8, 4) is 0 Å². The number of halogens is 1. The summed E-state index contributed by atoms with van der Waals surface area (Å²) in [5, 5.41) is 4.06. The van der Waals surface area contributed by atoms with Gasteiger partial charge in [-0.25, -0.2) is 0 Å². The van der Waals surface area contributed by atoms with Crippen molar-refractivity contribution in [2.45, 2.75) is 26.2 Å². The Bertz CT molecular complexity index is 983. The van der Waals surface area contributed by atoms with Gasteiger partial charge in [0.05, 0.1) is 10.5 Å². The van der Waals surface area contributed by atoms with Crippen molar-refractivity contribution in [2.75, 3.05) is 6.54 Å². The maximum absolute atomic E-state index is 12.4. The van der Waals surface area contributed by atoms with Gasteiger partial charge in [-0.3, -0.25) is 9.59 Å². The van der Waals surface area contributed by atoms with Gasteiger partial charge in [0.15, 0.2) is 0 Å². The third-order valence-electron chi connectivity index (χ3n) is 4.64. The molecule has 0 aliphatic heterocycles. The molecule has 2 aromatic carbocycles. The number of pyridine rings is 1. The van der Waals surface area contributed by atoms with Gasteiger partial charge in [-0.05, 0) is 42.9 Å². The van der Waals surface area contributed by atoms with Gasteiger partial charge in [0.25, 0.3) is 5.91 Å². The first-order valence-corrected chi connectivity index (χ1v) is 9.55. The molecule has 1 amide bonds. The van der Waals surface area contributed by atoms with Crippen molar-refractivity contribution in [3.63, 3.8) is 0 Å². The molecule has 140 valence electrons. The molecule has 2 N–H and O–H groups in total. The van der Waals surface area contributed by atoms with Crippen LogP contribution >= 0.6 is 11.6 Å². The summed E-state index contributed by atoms with van der Waals surface area (Å²) in [5.41, 5.74) is 2.14. The summed E-state index contributed by atoms with van der Waals surface area (Å²) in [6.45, 7) is 2.86. The number of nitrogens with one attached hydrogen (secondary N) is 2. The van der Waals surface area contributed by atoms with Crippen molar-refractivity contribution in [1.82, 2.24) is 10.3 Å². The number of H-pyrrole nitrogens is 1. The fourth-order valence-electron chi connectivity index (χ4n) is 3.23. The molecule has 1 aromatic heterocycles. The van der Waals surface area contributed by atoms with E-state index in [2.05, 4.69) is 41.5 Å². The second-order valence-electron chi connectivity index (χ2n) is 6.93. The molecule has 0 aliphatic carbocycles. The zero-order chi connectivity index (χ0) is 19.2. The number of amides is 1. The highest BCUT2D eigenvalue weighted by Crippen LogP contribution is 2.21. The van der Waals surface area contributed by atoms with E-state index in [1.54, 1.807) is 18.2 Å². The highest BCUT2D eigenvalue weighted by atomic mass is 35.5. The standard InChI is InChI=1S/C22H23ClN2O2/c1-15(12-16-7-3-2-4-8-16)6-5-11-24-22(27)17-9-10-18-19(23)14-21(26)25-20(18)13-17/h2-4,7-10,13-15H,5-6,11-12H2,1H3,(H,24,27)(H,25,26). The average Bonchev–Trinajstić information content (AvgIpc) is 2.65. The minimum Gasteiger partial charge on any atom is -0.352 e. The molecule has 0 fully saturated rings. The maximum Gasteiger partial charge on any atom is 0.251 e. The molecule has 1 atom stereocenters. The fraction of sp³-hybridized carbons (Fsp3) is 0.273. The van der Waals surface area contributed by atoms with Crippen molar-refractivity contribution in [2.24, 2.45) is 5.92 Å². The normalized spacial score (nSPS) is 12.1. The number of aromatic nitrogens is 1. The largest absolute Gasteiger partial charge is 0.352 e. The summed E-state index contributed by atoms with van der Waals surface area (Å²) < 4.78 is 0. The van der Waals surface area contributed by atoms with Crippen LogP contribution in [0, 0.1) is 5.92 Å². The molecule has 27 heavy (non-hydrogen) atoms. The van der Waals surface area contributed by atoms with Gasteiger partial charge >= 0.3 is 0 Å². The van der Waals surface area contributed by atoms with E-state index in [4.69, 9.17) is 11.6 Å². The van der Waals surface area contributed by atoms with Crippen LogP contribution in [0.1, 0.15) is 35.7 Å². The first kappa shape index (κ1) is 19.2. The number of benzene rings is 2. The van der Waals surface area contributed by atoms with Crippen LogP contribution in [0.2, 0.25) is 5.02 Å². The highest BCUT2D eigenvalue weighted by Gasteiger charge is 2.09. The number of hydrogen-bond acceptors (Lipinski definition) is 2. The Labute approximate surface area is 163 Å². The van der Waals surface area contributed by atoms with Gasteiger partial charge in [0.2, 0.25) is 5.56 Å². The molecule has 0 radical (unpaired) electrons. The Morgan fingerprint density at radius 1 is 1.15 bits per heavy atom. The van der Waals surface area contributed by atoms with E-state index in [0.29, 0.717) is 28.6 Å². The quantitative estimate of drug-likeness (QED) is 0.588. The SMILES string of the molecule is CC(CCCNC(=O)c1ccc2c(Cl)cc(=O)[nH]c2c1)Cc1ccccc1. The third-order valence-corrected chi connectivity index (χ3v) is 4.95. The molecule has 0 saturated heterocycles. The number of hydrogen-bond donors (Lipinski definition) is 2. The van der Waals surface area contributed by atoms with E-state index < -0.39 is 0 Å². The van der Waals surface area contributed by atoms with E-state index in [9.17, 15) is 9.59 Å². The third kappa shape index (κ3) is 5.20. The highest BCUT2D eigenvalue weighted by molar-refractivity contribution is 6.35. The molecule has 4 nitrogen and oxygen atoms in total. The minimum absolute atomic E-state index is 0.145. The van der Waals surface area contributed by atoms with Gasteiger partial charge in [0.1, 0.15) is 0 Å². The Morgan fingerprint density at radius 3 is 2.70 bits per heavy atom. The maximum atomic E-state index is 12.4. The van der Waals surface area contributed by atoms with Crippen molar-refractivity contribution in [1.29, 1.82) is 0 Å². The number of carbonyl (C=O) groups is 1. The van der Waals surface area contributed by atoms with Gasteiger partial charge in [-0.15, -0.1) is 0 Å². The molecule has 1 heterocycles. The van der Waals surface area contributed by atoms with Crippen LogP contribution in [-0.2, 0) is 6.42 Å². The van der Waals surface area contributed by atoms with E-state index in [1.807, 2.05) is 6.07 Å². The molecule has 3 rings (SSSR count). The number of aromatic amines is 1. The molecule has 1 unspecified atom stereocenters. The lowest BCUT2D eigenvalue weighted by atomic mass is 9.97. The Morgan fingerprint density at radius 2 is 1.93 bits per heavy atom. The lowest BCUT2D eigenvalue weighted by molar-refractivity contribution is 0.0952. The molecular formula is C22H23ClN2O2. The Kier molecular flexibility index (Phi) is 6.30. The fourth-order valence-corrected chi connectivity index (χ4v) is 3.50. The van der Waals surface area contributed by atoms with Crippen molar-refractivity contribution in [3.05, 3.63) is 81.1 Å². The number of rotatable bonds is 7. The summed E-state index contributed by atoms with van der Waals surface area (Å²) in [7, 11) is 0. The lowest BCUT2D eigenvalue weighted by Gasteiger charge is -2.12. The summed E-state index contributed by atoms with van der Waals surface area (Å²) in [6, 6.07) is 16.9. The summed E-state index contributed by atoms with van der Waals surface area (Å²) in [5.74, 6) is 0.422. The van der Waals surface area contributed by atoms with Crippen LogP contribution in [0.15, 0.2) is 59.4 Å². The lowest BCUT2D eigenvalue weighted by Crippen LogP contribution is -2.24. The number of fused-ring (bicyclic) bond motifs is 1. The molecule has 0 saturated carbocycles. The summed E-state index contributed by atoms with van der Waals surface area (Å²) >= 11 is 6.06. The minimum atomic E-state index is -0.280. The van der Waals surface area contributed by atoms with Crippen molar-refractivity contribution >= 4 is 28.4 Å². The van der Waals surface area contributed by atoms with E-state index >= 15 is 0 Å². The second kappa shape index (κ2) is 8.87. The Hall–Kier alpha value is -2.59. The van der Waals surface area contributed by atoms with Gasteiger partial charge in [-0.2, -0.15) is 0 Å². The first-order chi connectivity index (χ1) is 13.0. The van der Waals surface area contributed by atoms with Crippen LogP contribution in [0.4, 0.5) is 0 Å². The van der Waals surface area contributed by atoms with E-state index in [1.165, 1.54) is 11.6 Å². The topological polar surface area (TPSA) is 62.0 Å². The van der Waals surface area contributed by atoms with Crippen LogP contribution in [0.5, 0.6) is 0 Å². The predicted molar refractivity (Wildman–Crippen MR) is 110 cm³/mol. The van der Waals surface area contributed by atoms with Gasteiger partial charge in [0, 0.05) is 23.6 Å². The average molecular weight is 383 g/mol. The molecule has 0 spiro atoms. The molecular weight excluding hydrogens is 360 g/mol. The van der Waals surface area contributed by atoms with E-state index in [-0.39, 0.29) is 11.5 Å². The summed E-state index contributed by atoms with van der Waals surface area (Å²) in [4.78, 5) is 26.6. The van der Waals surface area contributed by atoms with Crippen LogP contribution < -0.4 is 10.9 Å². The van der Waals surface area contributed by atoms with Gasteiger partial charge in [-0.1, -0.05) is 54.9 Å². The second-order valence-corrected chi connectivity index (χ2v) is 7.34. The van der Waals surface area contributed by atoms with Crippen LogP contribution in [-0.4, -0.2) is 17.4 Å². The van der Waals surface area contributed by atoms with Gasteiger partial charge < -0.3 is 10.3 Å². The van der Waals surface area contributed by atoms with Crippen LogP contribution in [0.3, 0.4) is 0 Å². The smallest absolute Gasteiger partial charge is 0.251 e. The summed E-state index contributed by atoms with van der Waals surface area (Å²) in [6.07, 6.45) is 3.03. The zero-order valence-corrected chi connectivity index (χ0v) is 16.1. The number of carbonyl (C=O) groups excluding carboxylic acids is 1. The monoisotopic (exact) mass is 382 g/mol. The van der Waals surface area contributed by atoms with Crippen molar-refractivity contribution < 1.29 is 4.79 Å². The molecule has 0 bridgehead atoms. The molecule has 5 heteroatoms. The van der Waals surface area contributed by atoms with Crippen LogP contribution in [0.25, 0.3) is 10.9 Å². The van der Waals surface area contributed by atoms with E-state index in [0.717, 1.165) is 24.6 Å².